The van der Waals surface area contributed by atoms with Gasteiger partial charge in [0.05, 0.1) is 19.0 Å². The highest BCUT2D eigenvalue weighted by Crippen LogP contribution is 2.18. The van der Waals surface area contributed by atoms with Crippen LogP contribution in [0.5, 0.6) is 5.75 Å². The van der Waals surface area contributed by atoms with Crippen molar-refractivity contribution in [1.29, 1.82) is 0 Å². The van der Waals surface area contributed by atoms with Crippen LogP contribution in [0.3, 0.4) is 0 Å². The minimum atomic E-state index is -0.441. The zero-order valence-corrected chi connectivity index (χ0v) is 15.9. The lowest BCUT2D eigenvalue weighted by Gasteiger charge is -2.18. The van der Waals surface area contributed by atoms with Crippen LogP contribution >= 0.6 is 0 Å². The summed E-state index contributed by atoms with van der Waals surface area (Å²) in [7, 11) is 3.09. The smallest absolute Gasteiger partial charge is 0.317 e. The Morgan fingerprint density at radius 1 is 1.21 bits per heavy atom. The summed E-state index contributed by atoms with van der Waals surface area (Å²) in [5, 5.41) is 7.21. The number of aromatic nitrogens is 2. The van der Waals surface area contributed by atoms with Crippen molar-refractivity contribution in [2.24, 2.45) is 0 Å². The first-order valence-electron chi connectivity index (χ1n) is 8.97. The van der Waals surface area contributed by atoms with Gasteiger partial charge in [-0.25, -0.2) is 13.9 Å². The van der Waals surface area contributed by atoms with Crippen LogP contribution in [0.4, 0.5) is 9.18 Å². The molecule has 28 heavy (non-hydrogen) atoms. The van der Waals surface area contributed by atoms with Gasteiger partial charge in [-0.3, -0.25) is 0 Å². The van der Waals surface area contributed by atoms with E-state index in [4.69, 9.17) is 4.74 Å². The third-order valence-electron chi connectivity index (χ3n) is 4.33. The number of benzene rings is 2. The number of para-hydroxylation sites is 1. The molecule has 2 aromatic carbocycles. The van der Waals surface area contributed by atoms with Crippen molar-refractivity contribution in [1.82, 2.24) is 20.0 Å². The second-order valence-electron chi connectivity index (χ2n) is 6.44. The van der Waals surface area contributed by atoms with Crippen molar-refractivity contribution in [3.8, 4) is 11.4 Å². The molecule has 2 amide bonds. The third-order valence-corrected chi connectivity index (χ3v) is 4.33. The van der Waals surface area contributed by atoms with Crippen molar-refractivity contribution in [2.45, 2.75) is 13.0 Å². The Hall–Kier alpha value is -3.35. The highest BCUT2D eigenvalue weighted by Gasteiger charge is 2.11. The fourth-order valence-corrected chi connectivity index (χ4v) is 2.81. The highest BCUT2D eigenvalue weighted by molar-refractivity contribution is 5.73. The van der Waals surface area contributed by atoms with Crippen molar-refractivity contribution < 1.29 is 13.9 Å². The van der Waals surface area contributed by atoms with Crippen LogP contribution in [0, 0.1) is 5.82 Å². The normalized spacial score (nSPS) is 10.5. The number of carbonyl (C=O) groups is 1. The number of urea groups is 1. The summed E-state index contributed by atoms with van der Waals surface area (Å²) in [6, 6.07) is 14.3. The van der Waals surface area contributed by atoms with Crippen molar-refractivity contribution in [2.75, 3.05) is 20.7 Å². The van der Waals surface area contributed by atoms with E-state index in [1.54, 1.807) is 25.4 Å². The van der Waals surface area contributed by atoms with Gasteiger partial charge in [-0.1, -0.05) is 24.3 Å². The van der Waals surface area contributed by atoms with Crippen LogP contribution in [-0.2, 0) is 13.0 Å². The summed E-state index contributed by atoms with van der Waals surface area (Å²) in [6.45, 7) is 0.791. The maximum Gasteiger partial charge on any atom is 0.317 e. The lowest BCUT2D eigenvalue weighted by molar-refractivity contribution is 0.207. The minimum absolute atomic E-state index is 0.187. The molecule has 0 bridgehead atoms. The number of carbonyl (C=O) groups excluding carboxylic acids is 1. The minimum Gasteiger partial charge on any atom is -0.494 e. The van der Waals surface area contributed by atoms with Crippen LogP contribution in [0.1, 0.15) is 11.1 Å². The standard InChI is InChI=1S/C21H23FN4O2/c1-25(14-16-8-9-20(28-2)19(22)12-16)21(27)23-11-10-17-13-24-26(15-17)18-6-4-3-5-7-18/h3-9,12-13,15H,10-11,14H2,1-2H3,(H,23,27). The molecule has 1 N–H and O–H groups in total. The molecule has 3 rings (SSSR count). The SMILES string of the molecule is COc1ccc(CN(C)C(=O)NCCc2cnn(-c3ccccc3)c2)cc1F. The van der Waals surface area contributed by atoms with E-state index in [9.17, 15) is 9.18 Å². The molecule has 1 heterocycles. The van der Waals surface area contributed by atoms with E-state index < -0.39 is 5.82 Å². The molecule has 0 radical (unpaired) electrons. The maximum atomic E-state index is 13.8. The summed E-state index contributed by atoms with van der Waals surface area (Å²) in [5.74, 6) is -0.254. The van der Waals surface area contributed by atoms with Gasteiger partial charge in [0.15, 0.2) is 11.6 Å². The zero-order chi connectivity index (χ0) is 19.9. The van der Waals surface area contributed by atoms with E-state index in [2.05, 4.69) is 10.4 Å². The number of halogens is 1. The molecule has 0 unspecified atom stereocenters. The molecule has 0 saturated heterocycles. The van der Waals surface area contributed by atoms with Crippen molar-refractivity contribution >= 4 is 6.03 Å². The average molecular weight is 382 g/mol. The van der Waals surface area contributed by atoms with Crippen LogP contribution < -0.4 is 10.1 Å². The van der Waals surface area contributed by atoms with Gasteiger partial charge in [0, 0.05) is 26.3 Å². The van der Waals surface area contributed by atoms with Crippen LogP contribution in [0.2, 0.25) is 0 Å². The first-order chi connectivity index (χ1) is 13.6. The van der Waals surface area contributed by atoms with Gasteiger partial charge in [-0.2, -0.15) is 5.10 Å². The van der Waals surface area contributed by atoms with Gasteiger partial charge in [0.1, 0.15) is 0 Å². The zero-order valence-electron chi connectivity index (χ0n) is 15.9. The molecule has 6 nitrogen and oxygen atoms in total. The Kier molecular flexibility index (Phi) is 6.26. The average Bonchev–Trinajstić information content (AvgIpc) is 3.17. The van der Waals surface area contributed by atoms with E-state index in [1.807, 2.05) is 41.2 Å². The first-order valence-corrected chi connectivity index (χ1v) is 8.97. The quantitative estimate of drug-likeness (QED) is 0.681. The molecule has 0 spiro atoms. The maximum absolute atomic E-state index is 13.8. The number of rotatable bonds is 7. The topological polar surface area (TPSA) is 59.4 Å². The molecule has 0 aliphatic rings. The van der Waals surface area contributed by atoms with Gasteiger partial charge >= 0.3 is 6.03 Å². The molecular formula is C21H23FN4O2. The Labute approximate surface area is 163 Å². The van der Waals surface area contributed by atoms with E-state index in [0.29, 0.717) is 25.1 Å². The Morgan fingerprint density at radius 2 is 2.00 bits per heavy atom. The largest absolute Gasteiger partial charge is 0.494 e. The number of hydrogen-bond donors (Lipinski definition) is 1. The summed E-state index contributed by atoms with van der Waals surface area (Å²) in [6.07, 6.45) is 4.41. The molecule has 0 saturated carbocycles. The lowest BCUT2D eigenvalue weighted by Crippen LogP contribution is -2.37. The summed E-state index contributed by atoms with van der Waals surface area (Å²) >= 11 is 0. The Morgan fingerprint density at radius 3 is 2.71 bits per heavy atom. The third kappa shape index (κ3) is 4.88. The second kappa shape index (κ2) is 9.03. The van der Waals surface area contributed by atoms with Crippen LogP contribution in [-0.4, -0.2) is 41.4 Å². The van der Waals surface area contributed by atoms with Gasteiger partial charge in [0.2, 0.25) is 0 Å². The summed E-state index contributed by atoms with van der Waals surface area (Å²) in [4.78, 5) is 13.8. The Balaban J connectivity index is 1.47. The molecule has 7 heteroatoms. The van der Waals surface area contributed by atoms with Crippen molar-refractivity contribution in [3.05, 3.63) is 77.9 Å². The van der Waals surface area contributed by atoms with Crippen molar-refractivity contribution in [3.63, 3.8) is 0 Å². The van der Waals surface area contributed by atoms with E-state index >= 15 is 0 Å². The predicted octanol–water partition coefficient (Wildman–Crippen LogP) is 3.40. The number of nitrogens with one attached hydrogen (secondary N) is 1. The van der Waals surface area contributed by atoms with Gasteiger partial charge in [-0.15, -0.1) is 0 Å². The first kappa shape index (κ1) is 19.4. The van der Waals surface area contributed by atoms with Crippen LogP contribution in [0.15, 0.2) is 60.9 Å². The van der Waals surface area contributed by atoms with Gasteiger partial charge in [0.25, 0.3) is 0 Å². The summed E-state index contributed by atoms with van der Waals surface area (Å²) in [5.41, 5.74) is 2.72. The number of hydrogen-bond acceptors (Lipinski definition) is 3. The molecule has 0 fully saturated rings. The van der Waals surface area contributed by atoms with Crippen LogP contribution in [0.25, 0.3) is 5.69 Å². The molecule has 0 aliphatic heterocycles. The number of nitrogens with zero attached hydrogens (tertiary/aromatic N) is 3. The molecule has 146 valence electrons. The lowest BCUT2D eigenvalue weighted by atomic mass is 10.2. The summed E-state index contributed by atoms with van der Waals surface area (Å²) < 4.78 is 20.5. The number of ether oxygens (including phenoxy) is 1. The molecule has 0 atom stereocenters. The molecular weight excluding hydrogens is 359 g/mol. The fraction of sp³-hybridized carbons (Fsp3) is 0.238. The molecule has 0 aliphatic carbocycles. The monoisotopic (exact) mass is 382 g/mol. The Bertz CT molecular complexity index is 927. The second-order valence-corrected chi connectivity index (χ2v) is 6.44. The van der Waals surface area contributed by atoms with E-state index in [0.717, 1.165) is 11.3 Å². The number of amides is 2. The molecule has 1 aromatic heterocycles. The predicted molar refractivity (Wildman–Crippen MR) is 105 cm³/mol. The van der Waals surface area contributed by atoms with E-state index in [-0.39, 0.29) is 11.8 Å². The fourth-order valence-electron chi connectivity index (χ4n) is 2.81. The highest BCUT2D eigenvalue weighted by atomic mass is 19.1. The van der Waals surface area contributed by atoms with E-state index in [1.165, 1.54) is 18.1 Å². The molecule has 3 aromatic rings. The van der Waals surface area contributed by atoms with Gasteiger partial charge < -0.3 is 15.0 Å². The van der Waals surface area contributed by atoms with Gasteiger partial charge in [-0.05, 0) is 41.8 Å². The number of methoxy groups -OCH3 is 1.